The number of hydrogen-bond acceptors (Lipinski definition) is 4. The second kappa shape index (κ2) is 5.93. The summed E-state index contributed by atoms with van der Waals surface area (Å²) >= 11 is 3.47. The standard InChI is InChI=1S/C20H15BrN4O3/c1-28-13-5-3-12(4-6-13)25-18-15(10-22-25)20(9-17(26)24-18)14-8-11(21)2-7-16(14)23-19(20)27/h2-8,10H,9H2,1H3,(H,23,27)(H,24,26)/t20-/m1/s1. The fourth-order valence-corrected chi connectivity index (χ4v) is 4.35. The zero-order valence-electron chi connectivity index (χ0n) is 14.8. The molecule has 0 saturated heterocycles. The highest BCUT2D eigenvalue weighted by molar-refractivity contribution is 9.10. The second-order valence-corrected chi connectivity index (χ2v) is 7.71. The SMILES string of the molecule is COc1ccc(-n2ncc3c2NC(=O)C[C@]32C(=O)Nc3ccc(Br)cc32)cc1. The third-order valence-electron chi connectivity index (χ3n) is 5.31. The first-order valence-electron chi connectivity index (χ1n) is 8.67. The normalized spacial score (nSPS) is 19.8. The molecule has 7 nitrogen and oxygen atoms in total. The van der Waals surface area contributed by atoms with Crippen molar-refractivity contribution in [3.8, 4) is 11.4 Å². The van der Waals surface area contributed by atoms with Gasteiger partial charge in [-0.3, -0.25) is 9.59 Å². The number of rotatable bonds is 2. The van der Waals surface area contributed by atoms with Crippen LogP contribution in [0.5, 0.6) is 5.75 Å². The molecule has 0 radical (unpaired) electrons. The monoisotopic (exact) mass is 438 g/mol. The summed E-state index contributed by atoms with van der Waals surface area (Å²) in [4.78, 5) is 25.7. The van der Waals surface area contributed by atoms with E-state index in [1.54, 1.807) is 18.0 Å². The number of hydrogen-bond donors (Lipinski definition) is 2. The number of aromatic nitrogens is 2. The molecule has 3 heterocycles. The zero-order valence-corrected chi connectivity index (χ0v) is 16.4. The molecule has 1 spiro atoms. The molecular weight excluding hydrogens is 424 g/mol. The Morgan fingerprint density at radius 3 is 2.64 bits per heavy atom. The van der Waals surface area contributed by atoms with Crippen LogP contribution in [0.3, 0.4) is 0 Å². The number of carbonyl (C=O) groups excluding carboxylic acids is 2. The lowest BCUT2D eigenvalue weighted by atomic mass is 9.72. The summed E-state index contributed by atoms with van der Waals surface area (Å²) in [5.41, 5.74) is 1.83. The van der Waals surface area contributed by atoms with Crippen LogP contribution in [-0.2, 0) is 15.0 Å². The van der Waals surface area contributed by atoms with Crippen LogP contribution < -0.4 is 15.4 Å². The Kier molecular flexibility index (Phi) is 3.60. The maximum atomic E-state index is 13.1. The molecule has 140 valence electrons. The maximum Gasteiger partial charge on any atom is 0.240 e. The van der Waals surface area contributed by atoms with Crippen molar-refractivity contribution in [2.75, 3.05) is 17.7 Å². The number of benzene rings is 2. The van der Waals surface area contributed by atoms with Crippen LogP contribution in [0.4, 0.5) is 11.5 Å². The molecule has 0 saturated carbocycles. The Morgan fingerprint density at radius 2 is 1.89 bits per heavy atom. The number of methoxy groups -OCH3 is 1. The molecule has 2 aromatic carbocycles. The van der Waals surface area contributed by atoms with Crippen molar-refractivity contribution in [2.24, 2.45) is 0 Å². The van der Waals surface area contributed by atoms with Crippen LogP contribution >= 0.6 is 15.9 Å². The average Bonchev–Trinajstić information content (AvgIpc) is 3.22. The lowest BCUT2D eigenvalue weighted by Crippen LogP contribution is -2.43. The Bertz CT molecular complexity index is 1140. The van der Waals surface area contributed by atoms with Crippen LogP contribution in [0.25, 0.3) is 5.69 Å². The molecule has 0 bridgehead atoms. The molecular formula is C20H15BrN4O3. The molecule has 8 heteroatoms. The van der Waals surface area contributed by atoms with Crippen LogP contribution in [0.2, 0.25) is 0 Å². The van der Waals surface area contributed by atoms with Gasteiger partial charge in [-0.15, -0.1) is 0 Å². The predicted octanol–water partition coefficient (Wildman–Crippen LogP) is 3.22. The van der Waals surface area contributed by atoms with E-state index in [0.717, 1.165) is 21.5 Å². The number of fused-ring (bicyclic) bond motifs is 4. The first kappa shape index (κ1) is 17.0. The van der Waals surface area contributed by atoms with Gasteiger partial charge in [0.25, 0.3) is 0 Å². The van der Waals surface area contributed by atoms with Gasteiger partial charge in [0, 0.05) is 22.1 Å². The summed E-state index contributed by atoms with van der Waals surface area (Å²) < 4.78 is 7.68. The molecule has 0 unspecified atom stereocenters. The van der Waals surface area contributed by atoms with Crippen LogP contribution in [0.15, 0.2) is 53.1 Å². The van der Waals surface area contributed by atoms with Gasteiger partial charge >= 0.3 is 0 Å². The zero-order chi connectivity index (χ0) is 19.5. The maximum absolute atomic E-state index is 13.1. The minimum absolute atomic E-state index is 0.0313. The highest BCUT2D eigenvalue weighted by Crippen LogP contribution is 2.50. The van der Waals surface area contributed by atoms with Crippen molar-refractivity contribution in [1.82, 2.24) is 9.78 Å². The number of nitrogens with zero attached hydrogens (tertiary/aromatic N) is 2. The molecule has 1 aromatic heterocycles. The quantitative estimate of drug-likeness (QED) is 0.642. The Balaban J connectivity index is 1.72. The van der Waals surface area contributed by atoms with E-state index in [1.807, 2.05) is 42.5 Å². The molecule has 0 fully saturated rings. The Labute approximate surface area is 168 Å². The first-order valence-corrected chi connectivity index (χ1v) is 9.46. The van der Waals surface area contributed by atoms with E-state index in [1.165, 1.54) is 0 Å². The largest absolute Gasteiger partial charge is 0.497 e. The number of nitrogens with one attached hydrogen (secondary N) is 2. The molecule has 2 N–H and O–H groups in total. The van der Waals surface area contributed by atoms with Gasteiger partial charge in [0.2, 0.25) is 11.8 Å². The molecule has 2 aliphatic rings. The molecule has 1 atom stereocenters. The van der Waals surface area contributed by atoms with Gasteiger partial charge in [-0.05, 0) is 48.0 Å². The Hall–Kier alpha value is -3.13. The lowest BCUT2D eigenvalue weighted by Gasteiger charge is -2.31. The van der Waals surface area contributed by atoms with Gasteiger partial charge in [0.05, 0.1) is 19.0 Å². The number of halogens is 1. The minimum atomic E-state index is -1.10. The van der Waals surface area contributed by atoms with E-state index in [2.05, 4.69) is 31.7 Å². The molecule has 2 amide bonds. The van der Waals surface area contributed by atoms with E-state index in [4.69, 9.17) is 4.74 Å². The minimum Gasteiger partial charge on any atom is -0.497 e. The van der Waals surface area contributed by atoms with Crippen molar-refractivity contribution in [1.29, 1.82) is 0 Å². The lowest BCUT2D eigenvalue weighted by molar-refractivity contribution is -0.125. The summed E-state index contributed by atoms with van der Waals surface area (Å²) in [5.74, 6) is 0.778. The third kappa shape index (κ3) is 2.24. The second-order valence-electron chi connectivity index (χ2n) is 6.79. The predicted molar refractivity (Wildman–Crippen MR) is 107 cm³/mol. The number of amides is 2. The van der Waals surface area contributed by atoms with E-state index >= 15 is 0 Å². The van der Waals surface area contributed by atoms with E-state index in [9.17, 15) is 9.59 Å². The molecule has 3 aromatic rings. The highest BCUT2D eigenvalue weighted by Gasteiger charge is 2.54. The van der Waals surface area contributed by atoms with Gasteiger partial charge in [0.1, 0.15) is 17.0 Å². The molecule has 28 heavy (non-hydrogen) atoms. The van der Waals surface area contributed by atoms with E-state index < -0.39 is 5.41 Å². The average molecular weight is 439 g/mol. The number of anilines is 2. The van der Waals surface area contributed by atoms with Crippen molar-refractivity contribution in [2.45, 2.75) is 11.8 Å². The molecule has 5 rings (SSSR count). The fraction of sp³-hybridized carbons (Fsp3) is 0.150. The highest BCUT2D eigenvalue weighted by atomic mass is 79.9. The first-order chi connectivity index (χ1) is 13.5. The van der Waals surface area contributed by atoms with Crippen molar-refractivity contribution < 1.29 is 14.3 Å². The molecule has 0 aliphatic carbocycles. The number of ether oxygens (including phenoxy) is 1. The fourth-order valence-electron chi connectivity index (χ4n) is 3.99. The van der Waals surface area contributed by atoms with Crippen LogP contribution in [-0.4, -0.2) is 28.7 Å². The Morgan fingerprint density at radius 1 is 1.11 bits per heavy atom. The van der Waals surface area contributed by atoms with Gasteiger partial charge in [-0.25, -0.2) is 4.68 Å². The van der Waals surface area contributed by atoms with Gasteiger partial charge in [-0.2, -0.15) is 5.10 Å². The smallest absolute Gasteiger partial charge is 0.240 e. The van der Waals surface area contributed by atoms with Gasteiger partial charge in [0.15, 0.2) is 0 Å². The van der Waals surface area contributed by atoms with Gasteiger partial charge < -0.3 is 15.4 Å². The van der Waals surface area contributed by atoms with Crippen LogP contribution in [0, 0.1) is 0 Å². The van der Waals surface area contributed by atoms with E-state index in [0.29, 0.717) is 17.1 Å². The topological polar surface area (TPSA) is 85.2 Å². The summed E-state index contributed by atoms with van der Waals surface area (Å²) in [7, 11) is 1.60. The van der Waals surface area contributed by atoms with Crippen molar-refractivity contribution in [3.05, 3.63) is 64.3 Å². The summed E-state index contributed by atoms with van der Waals surface area (Å²) in [6.07, 6.45) is 1.69. The van der Waals surface area contributed by atoms with E-state index in [-0.39, 0.29) is 18.2 Å². The number of carbonyl (C=O) groups is 2. The third-order valence-corrected chi connectivity index (χ3v) is 5.80. The summed E-state index contributed by atoms with van der Waals surface area (Å²) in [6, 6.07) is 12.9. The van der Waals surface area contributed by atoms with Gasteiger partial charge in [-0.1, -0.05) is 15.9 Å². The summed E-state index contributed by atoms with van der Waals surface area (Å²) in [5, 5.41) is 10.3. The summed E-state index contributed by atoms with van der Waals surface area (Å²) in [6.45, 7) is 0. The van der Waals surface area contributed by atoms with Crippen molar-refractivity contribution >= 4 is 39.2 Å². The van der Waals surface area contributed by atoms with Crippen molar-refractivity contribution in [3.63, 3.8) is 0 Å². The van der Waals surface area contributed by atoms with Crippen LogP contribution in [0.1, 0.15) is 17.5 Å². The molecule has 2 aliphatic heterocycles.